The number of alkyl halides is 3. The van der Waals surface area contributed by atoms with Gasteiger partial charge in [-0.05, 0) is 61.9 Å². The molecular weight excluding hydrogens is 534 g/mol. The molecule has 1 aliphatic heterocycles. The number of piperazine rings is 1. The summed E-state index contributed by atoms with van der Waals surface area (Å²) in [5.41, 5.74) is 3.25. The largest absolute Gasteiger partial charge is 0.490 e. The topological polar surface area (TPSA) is 110 Å². The molecule has 0 radical (unpaired) electrons. The van der Waals surface area contributed by atoms with Crippen LogP contribution < -0.4 is 15.1 Å². The summed E-state index contributed by atoms with van der Waals surface area (Å²) < 4.78 is 45.6. The van der Waals surface area contributed by atoms with Gasteiger partial charge < -0.3 is 25.3 Å². The SMILES string of the molecule is Cc1cccc(N2CCN(c3ccc(NC(=O)c4ccccc4F)cc3C(=O)O)CC2C)c1.O=C(O)C(F)(F)F. The Morgan fingerprint density at radius 3 is 2.17 bits per heavy atom. The highest BCUT2D eigenvalue weighted by Crippen LogP contribution is 2.29. The molecule has 0 bridgehead atoms. The van der Waals surface area contributed by atoms with E-state index < -0.39 is 29.8 Å². The minimum atomic E-state index is -5.08. The molecule has 3 N–H and O–H groups in total. The second kappa shape index (κ2) is 12.5. The maximum atomic E-state index is 13.9. The third-order valence-corrected chi connectivity index (χ3v) is 6.15. The first-order chi connectivity index (χ1) is 18.8. The molecule has 1 heterocycles. The van der Waals surface area contributed by atoms with Gasteiger partial charge in [0.2, 0.25) is 0 Å². The van der Waals surface area contributed by atoms with E-state index in [-0.39, 0.29) is 17.2 Å². The molecule has 4 rings (SSSR count). The molecular formula is C28H27F4N3O5. The predicted molar refractivity (Wildman–Crippen MR) is 142 cm³/mol. The number of nitrogens with zero attached hydrogens (tertiary/aromatic N) is 2. The van der Waals surface area contributed by atoms with E-state index in [0.717, 1.165) is 12.2 Å². The van der Waals surface area contributed by atoms with Crippen molar-refractivity contribution >= 4 is 34.9 Å². The molecule has 40 heavy (non-hydrogen) atoms. The fraction of sp³-hybridized carbons (Fsp3) is 0.250. The van der Waals surface area contributed by atoms with Crippen LogP contribution in [0.4, 0.5) is 34.6 Å². The summed E-state index contributed by atoms with van der Waals surface area (Å²) in [6.07, 6.45) is -5.08. The van der Waals surface area contributed by atoms with Crippen LogP contribution in [-0.2, 0) is 4.79 Å². The van der Waals surface area contributed by atoms with Gasteiger partial charge in [0.25, 0.3) is 5.91 Å². The number of carboxylic acids is 2. The maximum Gasteiger partial charge on any atom is 0.490 e. The molecule has 1 amide bonds. The number of anilines is 3. The smallest absolute Gasteiger partial charge is 0.478 e. The van der Waals surface area contributed by atoms with Gasteiger partial charge >= 0.3 is 18.1 Å². The van der Waals surface area contributed by atoms with Crippen molar-refractivity contribution in [2.24, 2.45) is 0 Å². The number of aromatic carboxylic acids is 1. The average molecular weight is 562 g/mol. The lowest BCUT2D eigenvalue weighted by Gasteiger charge is -2.42. The first kappa shape index (κ1) is 29.9. The number of halogens is 4. The number of benzene rings is 3. The highest BCUT2D eigenvalue weighted by molar-refractivity contribution is 6.05. The van der Waals surface area contributed by atoms with Crippen molar-refractivity contribution in [3.8, 4) is 0 Å². The fourth-order valence-electron chi connectivity index (χ4n) is 4.27. The molecule has 3 aromatic rings. The molecule has 12 heteroatoms. The van der Waals surface area contributed by atoms with Gasteiger partial charge in [-0.3, -0.25) is 4.79 Å². The first-order valence-corrected chi connectivity index (χ1v) is 12.1. The van der Waals surface area contributed by atoms with E-state index in [1.54, 1.807) is 18.2 Å². The second-order valence-corrected chi connectivity index (χ2v) is 9.10. The lowest BCUT2D eigenvalue weighted by molar-refractivity contribution is -0.192. The van der Waals surface area contributed by atoms with E-state index in [1.807, 2.05) is 6.07 Å². The molecule has 3 aromatic carbocycles. The van der Waals surface area contributed by atoms with Gasteiger partial charge in [-0.25, -0.2) is 14.0 Å². The van der Waals surface area contributed by atoms with Gasteiger partial charge in [-0.1, -0.05) is 24.3 Å². The second-order valence-electron chi connectivity index (χ2n) is 9.10. The molecule has 0 aromatic heterocycles. The van der Waals surface area contributed by atoms with Crippen LogP contribution in [0.1, 0.15) is 33.2 Å². The Balaban J connectivity index is 0.000000559. The zero-order valence-corrected chi connectivity index (χ0v) is 21.6. The van der Waals surface area contributed by atoms with Crippen LogP contribution in [0.15, 0.2) is 66.7 Å². The van der Waals surface area contributed by atoms with Crippen LogP contribution in [0.3, 0.4) is 0 Å². The third kappa shape index (κ3) is 7.49. The zero-order valence-electron chi connectivity index (χ0n) is 21.6. The molecule has 1 fully saturated rings. The van der Waals surface area contributed by atoms with Crippen LogP contribution >= 0.6 is 0 Å². The predicted octanol–water partition coefficient (Wildman–Crippen LogP) is 5.43. The quantitative estimate of drug-likeness (QED) is 0.356. The average Bonchev–Trinajstić information content (AvgIpc) is 2.88. The molecule has 1 saturated heterocycles. The number of hydrogen-bond acceptors (Lipinski definition) is 5. The number of amides is 1. The van der Waals surface area contributed by atoms with E-state index in [1.165, 1.54) is 29.8 Å². The van der Waals surface area contributed by atoms with Crippen LogP contribution in [0, 0.1) is 12.7 Å². The van der Waals surface area contributed by atoms with Gasteiger partial charge in [-0.2, -0.15) is 13.2 Å². The monoisotopic (exact) mass is 561 g/mol. The van der Waals surface area contributed by atoms with E-state index >= 15 is 0 Å². The summed E-state index contributed by atoms with van der Waals surface area (Å²) in [6.45, 7) is 6.28. The summed E-state index contributed by atoms with van der Waals surface area (Å²) in [7, 11) is 0. The van der Waals surface area contributed by atoms with Gasteiger partial charge in [-0.15, -0.1) is 0 Å². The van der Waals surface area contributed by atoms with E-state index in [2.05, 4.69) is 47.2 Å². The van der Waals surface area contributed by atoms with Crippen molar-refractivity contribution < 1.29 is 42.2 Å². The Labute approximate surface area is 227 Å². The van der Waals surface area contributed by atoms with Gasteiger partial charge in [0.05, 0.1) is 16.8 Å². The van der Waals surface area contributed by atoms with Crippen LogP contribution in [0.25, 0.3) is 0 Å². The summed E-state index contributed by atoms with van der Waals surface area (Å²) in [5.74, 6) is -5.10. The van der Waals surface area contributed by atoms with Gasteiger partial charge in [0, 0.05) is 37.1 Å². The number of aliphatic carboxylic acids is 1. The molecule has 1 unspecified atom stereocenters. The van der Waals surface area contributed by atoms with Crippen LogP contribution in [-0.4, -0.2) is 59.9 Å². The molecule has 0 aliphatic carbocycles. The molecule has 0 saturated carbocycles. The number of aryl methyl sites for hydroxylation is 1. The normalized spacial score (nSPS) is 15.1. The number of hydrogen-bond donors (Lipinski definition) is 3. The summed E-state index contributed by atoms with van der Waals surface area (Å²) in [5, 5.41) is 19.6. The van der Waals surface area contributed by atoms with Crippen molar-refractivity contribution in [2.45, 2.75) is 26.1 Å². The zero-order chi connectivity index (χ0) is 29.6. The molecule has 0 spiro atoms. The van der Waals surface area contributed by atoms with Gasteiger partial charge in [0.1, 0.15) is 5.82 Å². The lowest BCUT2D eigenvalue weighted by atomic mass is 10.1. The highest BCUT2D eigenvalue weighted by atomic mass is 19.4. The van der Waals surface area contributed by atoms with E-state index in [9.17, 15) is 32.3 Å². The molecule has 1 atom stereocenters. The Morgan fingerprint density at radius 1 is 0.925 bits per heavy atom. The summed E-state index contributed by atoms with van der Waals surface area (Å²) >= 11 is 0. The van der Waals surface area contributed by atoms with E-state index in [0.29, 0.717) is 24.5 Å². The number of rotatable bonds is 5. The highest BCUT2D eigenvalue weighted by Gasteiger charge is 2.38. The van der Waals surface area contributed by atoms with Crippen molar-refractivity contribution in [3.63, 3.8) is 0 Å². The standard InChI is InChI=1S/C26H26FN3O3.C2HF3O2/c1-17-6-5-7-20(14-17)30-13-12-29(16-18(30)2)24-11-10-19(15-22(24)26(32)33)28-25(31)21-8-3-4-9-23(21)27;3-2(4,5)1(6)7/h3-11,14-15,18H,12-13,16H2,1-2H3,(H,28,31)(H,32,33);(H,6,7). The van der Waals surface area contributed by atoms with Crippen molar-refractivity contribution in [1.29, 1.82) is 0 Å². The van der Waals surface area contributed by atoms with Crippen molar-refractivity contribution in [3.05, 3.63) is 89.2 Å². The number of carbonyl (C=O) groups is 3. The summed E-state index contributed by atoms with van der Waals surface area (Å²) in [4.78, 5) is 37.7. The summed E-state index contributed by atoms with van der Waals surface area (Å²) in [6, 6.07) is 19.0. The van der Waals surface area contributed by atoms with Gasteiger partial charge in [0.15, 0.2) is 0 Å². The van der Waals surface area contributed by atoms with E-state index in [4.69, 9.17) is 9.90 Å². The minimum Gasteiger partial charge on any atom is -0.478 e. The Morgan fingerprint density at radius 2 is 1.60 bits per heavy atom. The van der Waals surface area contributed by atoms with Crippen molar-refractivity contribution in [2.75, 3.05) is 34.8 Å². The van der Waals surface area contributed by atoms with Crippen LogP contribution in [0.5, 0.6) is 0 Å². The third-order valence-electron chi connectivity index (χ3n) is 6.15. The Kier molecular flexibility index (Phi) is 9.35. The maximum absolute atomic E-state index is 13.9. The minimum absolute atomic E-state index is 0.0949. The Bertz CT molecular complexity index is 1400. The number of carbonyl (C=O) groups excluding carboxylic acids is 1. The first-order valence-electron chi connectivity index (χ1n) is 12.1. The lowest BCUT2D eigenvalue weighted by Crippen LogP contribution is -2.52. The molecule has 212 valence electrons. The Hall–Kier alpha value is -4.61. The molecule has 8 nitrogen and oxygen atoms in total. The molecule has 1 aliphatic rings. The van der Waals surface area contributed by atoms with Crippen LogP contribution in [0.2, 0.25) is 0 Å². The number of carboxylic acid groups (broad SMARTS) is 2. The number of nitrogens with one attached hydrogen (secondary N) is 1. The van der Waals surface area contributed by atoms with Crippen molar-refractivity contribution in [1.82, 2.24) is 0 Å². The fourth-order valence-corrected chi connectivity index (χ4v) is 4.27.